The number of hydrogen-bond donors (Lipinski definition) is 0. The van der Waals surface area contributed by atoms with Gasteiger partial charge in [0.15, 0.2) is 0 Å². The first-order valence-corrected chi connectivity index (χ1v) is 3.67. The average molecular weight is 203 g/mol. The summed E-state index contributed by atoms with van der Waals surface area (Å²) in [6.45, 7) is 0. The maximum Gasteiger partial charge on any atom is 0.412 e. The van der Waals surface area contributed by atoms with Crippen LogP contribution in [-0.2, 0) is 32.8 Å². The summed E-state index contributed by atoms with van der Waals surface area (Å²) < 4.78 is 13.1. The molecule has 0 amide bonds. The van der Waals surface area contributed by atoms with E-state index in [0.717, 1.165) is 0 Å². The Morgan fingerprint density at radius 1 is 1.00 bits per heavy atom. The standard InChI is InChI=1S/C3H9O4Si.Zn/c1-5-8(4,6-2)7-3;/h1-3H3;/q-1;. The van der Waals surface area contributed by atoms with Crippen molar-refractivity contribution in [2.75, 3.05) is 21.3 Å². The second-order valence-electron chi connectivity index (χ2n) is 1.11. The predicted octanol–water partition coefficient (Wildman–Crippen LogP) is -1.28. The van der Waals surface area contributed by atoms with E-state index in [2.05, 4.69) is 13.3 Å². The first-order chi connectivity index (χ1) is 3.68. The van der Waals surface area contributed by atoms with Crippen molar-refractivity contribution in [2.45, 2.75) is 0 Å². The van der Waals surface area contributed by atoms with Crippen LogP contribution in [0.1, 0.15) is 0 Å². The monoisotopic (exact) mass is 201 g/mol. The fourth-order valence-electron chi connectivity index (χ4n) is 0.250. The summed E-state index contributed by atoms with van der Waals surface area (Å²) in [6.07, 6.45) is 0. The molecule has 0 unspecified atom stereocenters. The van der Waals surface area contributed by atoms with Gasteiger partial charge in [0.05, 0.1) is 0 Å². The minimum absolute atomic E-state index is 0. The van der Waals surface area contributed by atoms with Crippen LogP contribution >= 0.6 is 0 Å². The molecule has 4 nitrogen and oxygen atoms in total. The van der Waals surface area contributed by atoms with Gasteiger partial charge in [0.1, 0.15) is 0 Å². The third-order valence-electron chi connectivity index (χ3n) is 0.750. The van der Waals surface area contributed by atoms with Gasteiger partial charge in [-0.1, -0.05) is 0 Å². The van der Waals surface area contributed by atoms with Crippen molar-refractivity contribution in [1.82, 2.24) is 0 Å². The number of rotatable bonds is 3. The van der Waals surface area contributed by atoms with Crippen LogP contribution in [0.5, 0.6) is 0 Å². The Bertz CT molecular complexity index is 58.6. The fourth-order valence-corrected chi connectivity index (χ4v) is 0.750. The molecule has 0 saturated heterocycles. The Morgan fingerprint density at radius 2 is 1.22 bits per heavy atom. The van der Waals surface area contributed by atoms with Crippen LogP contribution in [0.2, 0.25) is 0 Å². The van der Waals surface area contributed by atoms with E-state index in [0.29, 0.717) is 0 Å². The smallest absolute Gasteiger partial charge is 0.412 e. The van der Waals surface area contributed by atoms with Gasteiger partial charge in [-0.3, -0.25) is 0 Å². The van der Waals surface area contributed by atoms with Crippen LogP contribution < -0.4 is 4.80 Å². The second-order valence-corrected chi connectivity index (χ2v) is 3.34. The van der Waals surface area contributed by atoms with E-state index in [9.17, 15) is 4.80 Å². The Labute approximate surface area is 68.4 Å². The molecule has 0 radical (unpaired) electrons. The second kappa shape index (κ2) is 5.46. The van der Waals surface area contributed by atoms with Gasteiger partial charge < -0.3 is 18.1 Å². The summed E-state index contributed by atoms with van der Waals surface area (Å²) in [5.41, 5.74) is 0. The van der Waals surface area contributed by atoms with Gasteiger partial charge >= 0.3 is 9.05 Å². The van der Waals surface area contributed by atoms with Gasteiger partial charge in [-0.05, 0) is 0 Å². The molecule has 0 aliphatic heterocycles. The van der Waals surface area contributed by atoms with Crippen molar-refractivity contribution >= 4 is 9.05 Å². The third-order valence-corrected chi connectivity index (χ3v) is 2.25. The third kappa shape index (κ3) is 4.13. The van der Waals surface area contributed by atoms with Gasteiger partial charge in [-0.2, -0.15) is 0 Å². The molecular formula is C3H9O4SiZn-. The molecule has 6 heteroatoms. The van der Waals surface area contributed by atoms with Gasteiger partial charge in [0, 0.05) is 40.8 Å². The van der Waals surface area contributed by atoms with E-state index in [1.165, 1.54) is 21.3 Å². The topological polar surface area (TPSA) is 50.8 Å². The summed E-state index contributed by atoms with van der Waals surface area (Å²) in [4.78, 5) is 10.7. The zero-order valence-electron chi connectivity index (χ0n) is 5.84. The Balaban J connectivity index is 0. The Hall–Kier alpha value is 0.680. The molecule has 52 valence electrons. The first-order valence-electron chi connectivity index (χ1n) is 2.04. The SMILES string of the molecule is CO[Si]([O-])(OC)OC.[Zn]. The minimum atomic E-state index is -3.42. The van der Waals surface area contributed by atoms with E-state index < -0.39 is 9.05 Å². The molecule has 0 aromatic carbocycles. The van der Waals surface area contributed by atoms with Gasteiger partial charge in [-0.25, -0.2) is 0 Å². The molecule has 0 aliphatic carbocycles. The first kappa shape index (κ1) is 12.4. The Kier molecular flexibility index (Phi) is 7.51. The average Bonchev–Trinajstić information content (AvgIpc) is 1.87. The zero-order chi connectivity index (χ0) is 6.62. The van der Waals surface area contributed by atoms with Gasteiger partial charge in [-0.15, -0.1) is 0 Å². The van der Waals surface area contributed by atoms with Crippen molar-refractivity contribution < 1.29 is 37.6 Å². The molecule has 0 aliphatic rings. The molecule has 0 N–H and O–H groups in total. The maximum atomic E-state index is 10.7. The molecule has 9 heavy (non-hydrogen) atoms. The summed E-state index contributed by atoms with van der Waals surface area (Å²) >= 11 is 0. The van der Waals surface area contributed by atoms with Crippen molar-refractivity contribution in [3.05, 3.63) is 0 Å². The van der Waals surface area contributed by atoms with Crippen LogP contribution in [0.3, 0.4) is 0 Å². The van der Waals surface area contributed by atoms with Gasteiger partial charge in [0.2, 0.25) is 0 Å². The molecule has 0 fully saturated rings. The van der Waals surface area contributed by atoms with Crippen molar-refractivity contribution in [3.8, 4) is 0 Å². The van der Waals surface area contributed by atoms with Crippen molar-refractivity contribution in [2.24, 2.45) is 0 Å². The van der Waals surface area contributed by atoms with Crippen LogP contribution in [0.25, 0.3) is 0 Å². The Morgan fingerprint density at radius 3 is 1.22 bits per heavy atom. The van der Waals surface area contributed by atoms with Crippen LogP contribution in [0.4, 0.5) is 0 Å². The molecule has 0 spiro atoms. The van der Waals surface area contributed by atoms with Crippen LogP contribution in [0.15, 0.2) is 0 Å². The van der Waals surface area contributed by atoms with Crippen LogP contribution in [0, 0.1) is 0 Å². The normalized spacial score (nSPS) is 10.7. The molecule has 0 atom stereocenters. The number of hydrogen-bond acceptors (Lipinski definition) is 4. The molecule has 0 rings (SSSR count). The minimum Gasteiger partial charge on any atom is -0.793 e. The van der Waals surface area contributed by atoms with E-state index in [-0.39, 0.29) is 19.5 Å². The molecule has 0 aromatic heterocycles. The quantitative estimate of drug-likeness (QED) is 0.535. The zero-order valence-corrected chi connectivity index (χ0v) is 9.81. The molecule has 0 heterocycles. The van der Waals surface area contributed by atoms with Crippen LogP contribution in [-0.4, -0.2) is 30.4 Å². The van der Waals surface area contributed by atoms with E-state index in [1.807, 2.05) is 0 Å². The largest absolute Gasteiger partial charge is 0.793 e. The summed E-state index contributed by atoms with van der Waals surface area (Å²) in [6, 6.07) is 0. The van der Waals surface area contributed by atoms with Crippen molar-refractivity contribution in [1.29, 1.82) is 0 Å². The molecule has 0 aromatic rings. The molecule has 0 bridgehead atoms. The summed E-state index contributed by atoms with van der Waals surface area (Å²) in [5.74, 6) is 0. The van der Waals surface area contributed by atoms with E-state index in [4.69, 9.17) is 0 Å². The van der Waals surface area contributed by atoms with Gasteiger partial charge in [0.25, 0.3) is 0 Å². The summed E-state index contributed by atoms with van der Waals surface area (Å²) in [5, 5.41) is 0. The van der Waals surface area contributed by atoms with E-state index in [1.54, 1.807) is 0 Å². The van der Waals surface area contributed by atoms with E-state index >= 15 is 0 Å². The fraction of sp³-hybridized carbons (Fsp3) is 1.00. The predicted molar refractivity (Wildman–Crippen MR) is 26.8 cm³/mol. The summed E-state index contributed by atoms with van der Waals surface area (Å²) in [7, 11) is 0.389. The van der Waals surface area contributed by atoms with Crippen molar-refractivity contribution in [3.63, 3.8) is 0 Å². The maximum absolute atomic E-state index is 10.7. The molecular weight excluding hydrogens is 194 g/mol. The molecule has 0 saturated carbocycles.